The van der Waals surface area contributed by atoms with Gasteiger partial charge in [-0.1, -0.05) is 5.16 Å². The molecule has 1 amide bonds. The maximum atomic E-state index is 11.6. The second kappa shape index (κ2) is 6.48. The predicted molar refractivity (Wildman–Crippen MR) is 82.6 cm³/mol. The molecule has 3 heterocycles. The van der Waals surface area contributed by atoms with Gasteiger partial charge in [-0.3, -0.25) is 14.5 Å². The van der Waals surface area contributed by atoms with Gasteiger partial charge in [-0.2, -0.15) is 16.7 Å². The Morgan fingerprint density at radius 1 is 1.52 bits per heavy atom. The van der Waals surface area contributed by atoms with Gasteiger partial charge in [-0.05, 0) is 19.1 Å². The van der Waals surface area contributed by atoms with Crippen molar-refractivity contribution in [3.05, 3.63) is 11.7 Å². The van der Waals surface area contributed by atoms with Crippen molar-refractivity contribution in [2.24, 2.45) is 5.92 Å². The van der Waals surface area contributed by atoms with Crippen LogP contribution in [-0.2, 0) is 21.9 Å². The van der Waals surface area contributed by atoms with Crippen LogP contribution in [0.5, 0.6) is 0 Å². The fourth-order valence-corrected chi connectivity index (χ4v) is 3.81. The van der Waals surface area contributed by atoms with Crippen molar-refractivity contribution in [2.45, 2.75) is 37.1 Å². The quantitative estimate of drug-likeness (QED) is 0.797. The molecule has 1 spiro atoms. The molecule has 0 radical (unpaired) electrons. The third-order valence-corrected chi connectivity index (χ3v) is 5.18. The summed E-state index contributed by atoms with van der Waals surface area (Å²) in [6.45, 7) is 1.96. The highest BCUT2D eigenvalue weighted by atomic mass is 32.2. The molecule has 0 unspecified atom stereocenters. The molecule has 2 fully saturated rings. The van der Waals surface area contributed by atoms with Gasteiger partial charge in [0.25, 0.3) is 0 Å². The van der Waals surface area contributed by atoms with Gasteiger partial charge in [0, 0.05) is 19.5 Å². The van der Waals surface area contributed by atoms with Crippen molar-refractivity contribution in [3.63, 3.8) is 0 Å². The first-order valence-electron chi connectivity index (χ1n) is 7.59. The molecule has 0 aliphatic carbocycles. The van der Waals surface area contributed by atoms with Crippen LogP contribution in [0.15, 0.2) is 4.52 Å². The summed E-state index contributed by atoms with van der Waals surface area (Å²) in [6, 6.07) is 0. The van der Waals surface area contributed by atoms with Gasteiger partial charge in [-0.15, -0.1) is 0 Å². The van der Waals surface area contributed by atoms with Crippen molar-refractivity contribution in [1.82, 2.24) is 20.4 Å². The summed E-state index contributed by atoms with van der Waals surface area (Å²) in [4.78, 5) is 29.6. The van der Waals surface area contributed by atoms with E-state index >= 15 is 0 Å². The molecule has 126 valence electrons. The van der Waals surface area contributed by atoms with E-state index in [1.807, 2.05) is 6.26 Å². The van der Waals surface area contributed by atoms with E-state index in [9.17, 15) is 14.7 Å². The fourth-order valence-electron chi connectivity index (χ4n) is 3.44. The van der Waals surface area contributed by atoms with E-state index in [1.165, 1.54) is 0 Å². The van der Waals surface area contributed by atoms with Crippen LogP contribution in [0.4, 0.5) is 0 Å². The number of aromatic nitrogens is 2. The summed E-state index contributed by atoms with van der Waals surface area (Å²) < 4.78 is 5.23. The first-order chi connectivity index (χ1) is 11.0. The second-order valence-corrected chi connectivity index (χ2v) is 6.98. The zero-order valence-electron chi connectivity index (χ0n) is 12.9. The number of thioether (sulfide) groups is 1. The van der Waals surface area contributed by atoms with Crippen molar-refractivity contribution in [2.75, 3.05) is 19.3 Å². The van der Waals surface area contributed by atoms with Gasteiger partial charge < -0.3 is 14.9 Å². The molecular weight excluding hydrogens is 320 g/mol. The molecule has 3 rings (SSSR count). The van der Waals surface area contributed by atoms with E-state index in [0.717, 1.165) is 5.75 Å². The monoisotopic (exact) mass is 340 g/mol. The molecule has 2 aliphatic rings. The number of nitrogens with zero attached hydrogens (tertiary/aromatic N) is 3. The van der Waals surface area contributed by atoms with E-state index in [4.69, 9.17) is 4.52 Å². The summed E-state index contributed by atoms with van der Waals surface area (Å²) in [6.07, 6.45) is 3.31. The lowest BCUT2D eigenvalue weighted by Crippen LogP contribution is -2.55. The largest absolute Gasteiger partial charge is 0.481 e. The minimum absolute atomic E-state index is 0.0804. The van der Waals surface area contributed by atoms with Crippen molar-refractivity contribution in [1.29, 1.82) is 0 Å². The number of carbonyl (C=O) groups is 2. The number of carboxylic acids is 1. The predicted octanol–water partition coefficient (Wildman–Crippen LogP) is 0.488. The second-order valence-electron chi connectivity index (χ2n) is 6.11. The van der Waals surface area contributed by atoms with Crippen LogP contribution in [0, 0.1) is 5.92 Å². The van der Waals surface area contributed by atoms with E-state index in [1.54, 1.807) is 11.8 Å². The van der Waals surface area contributed by atoms with Crippen LogP contribution in [-0.4, -0.2) is 56.9 Å². The molecule has 9 heteroatoms. The number of carbonyl (C=O) groups excluding carboxylic acids is 1. The maximum absolute atomic E-state index is 11.6. The van der Waals surface area contributed by atoms with E-state index < -0.39 is 17.4 Å². The summed E-state index contributed by atoms with van der Waals surface area (Å²) >= 11 is 1.64. The molecule has 23 heavy (non-hydrogen) atoms. The number of aliphatic carboxylic acids is 1. The lowest BCUT2D eigenvalue weighted by atomic mass is 9.78. The zero-order valence-corrected chi connectivity index (χ0v) is 13.8. The summed E-state index contributed by atoms with van der Waals surface area (Å²) in [5, 5.41) is 16.2. The first kappa shape index (κ1) is 16.3. The average molecular weight is 340 g/mol. The van der Waals surface area contributed by atoms with E-state index in [2.05, 4.69) is 20.4 Å². The molecule has 2 N–H and O–H groups in total. The number of likely N-dealkylation sites (tertiary alicyclic amines) is 1. The van der Waals surface area contributed by atoms with Crippen LogP contribution >= 0.6 is 11.8 Å². The van der Waals surface area contributed by atoms with Gasteiger partial charge in [0.15, 0.2) is 5.82 Å². The van der Waals surface area contributed by atoms with Gasteiger partial charge >= 0.3 is 5.97 Å². The molecule has 1 atom stereocenters. The van der Waals surface area contributed by atoms with Crippen LogP contribution in [0.1, 0.15) is 31.0 Å². The standard InChI is InChI=1S/C14H20N4O4S/c1-23-8-10-15-12(22-17-10)7-18-4-2-14(3-5-18)9(13(20)21)6-11(19)16-14/h9H,2-8H2,1H3,(H,16,19)(H,20,21)/t9-/m1/s1. The highest BCUT2D eigenvalue weighted by Gasteiger charge is 2.51. The number of hydrogen-bond acceptors (Lipinski definition) is 7. The van der Waals surface area contributed by atoms with Crippen LogP contribution in [0.25, 0.3) is 0 Å². The number of rotatable bonds is 5. The number of nitrogens with one attached hydrogen (secondary N) is 1. The van der Waals surface area contributed by atoms with Crippen molar-refractivity contribution >= 4 is 23.6 Å². The summed E-state index contributed by atoms with van der Waals surface area (Å²) in [5.41, 5.74) is -0.599. The Balaban J connectivity index is 1.59. The van der Waals surface area contributed by atoms with Crippen LogP contribution in [0.3, 0.4) is 0 Å². The average Bonchev–Trinajstić information content (AvgIpc) is 3.07. The molecule has 0 bridgehead atoms. The van der Waals surface area contributed by atoms with Crippen LogP contribution < -0.4 is 5.32 Å². The third-order valence-electron chi connectivity index (χ3n) is 4.63. The van der Waals surface area contributed by atoms with Crippen molar-refractivity contribution < 1.29 is 19.2 Å². The van der Waals surface area contributed by atoms with E-state index in [-0.39, 0.29) is 12.3 Å². The molecule has 8 nitrogen and oxygen atoms in total. The van der Waals surface area contributed by atoms with Crippen LogP contribution in [0.2, 0.25) is 0 Å². The Morgan fingerprint density at radius 2 is 2.26 bits per heavy atom. The summed E-state index contributed by atoms with van der Waals surface area (Å²) in [7, 11) is 0. The Hall–Kier alpha value is -1.61. The van der Waals surface area contributed by atoms with Gasteiger partial charge in [-0.25, -0.2) is 0 Å². The molecule has 1 aromatic heterocycles. The highest BCUT2D eigenvalue weighted by molar-refractivity contribution is 7.97. The zero-order chi connectivity index (χ0) is 16.4. The number of piperidine rings is 1. The normalized spacial score (nSPS) is 24.0. The molecule has 2 saturated heterocycles. The third kappa shape index (κ3) is 3.35. The molecule has 1 aromatic rings. The highest BCUT2D eigenvalue weighted by Crippen LogP contribution is 2.37. The Morgan fingerprint density at radius 3 is 2.91 bits per heavy atom. The Kier molecular flexibility index (Phi) is 4.58. The number of hydrogen-bond donors (Lipinski definition) is 2. The molecule has 2 aliphatic heterocycles. The lowest BCUT2D eigenvalue weighted by Gasteiger charge is -2.41. The SMILES string of the molecule is CSCc1noc(CN2CCC3(CC2)NC(=O)C[C@@H]3C(=O)O)n1. The molecule has 0 aromatic carbocycles. The Labute approximate surface area is 138 Å². The minimum atomic E-state index is -0.893. The minimum Gasteiger partial charge on any atom is -0.481 e. The van der Waals surface area contributed by atoms with Gasteiger partial charge in [0.1, 0.15) is 0 Å². The van der Waals surface area contributed by atoms with E-state index in [0.29, 0.717) is 44.2 Å². The fraction of sp³-hybridized carbons (Fsp3) is 0.714. The van der Waals surface area contributed by atoms with Gasteiger partial charge in [0.2, 0.25) is 11.8 Å². The topological polar surface area (TPSA) is 109 Å². The van der Waals surface area contributed by atoms with Gasteiger partial charge in [0.05, 0.1) is 23.8 Å². The smallest absolute Gasteiger partial charge is 0.309 e. The number of amides is 1. The lowest BCUT2D eigenvalue weighted by molar-refractivity contribution is -0.144. The van der Waals surface area contributed by atoms with Crippen molar-refractivity contribution in [3.8, 4) is 0 Å². The summed E-state index contributed by atoms with van der Waals surface area (Å²) in [5.74, 6) is 0.303. The Bertz CT molecular complexity index is 597. The maximum Gasteiger partial charge on any atom is 0.309 e. The molecule has 0 saturated carbocycles. The number of carboxylic acid groups (broad SMARTS) is 1. The molecular formula is C14H20N4O4S. The first-order valence-corrected chi connectivity index (χ1v) is 8.98.